The normalized spacial score (nSPS) is 13.6. The molecule has 13 rings (SSSR count). The molecule has 1 aromatic heterocycles. The summed E-state index contributed by atoms with van der Waals surface area (Å²) in [6.07, 6.45) is -3.98. The molecule has 1 aliphatic rings. The maximum absolute atomic E-state index is 16.0. The minimum absolute atomic E-state index is 0.00823. The molecule has 12 aromatic rings. The Morgan fingerprint density at radius 2 is 0.671 bits per heavy atom. The lowest BCUT2D eigenvalue weighted by atomic mass is 9.84. The molecule has 25 nitrogen and oxygen atoms in total. The summed E-state index contributed by atoms with van der Waals surface area (Å²) in [6, 6.07) is 34.8. The van der Waals surface area contributed by atoms with Crippen molar-refractivity contribution in [2.75, 3.05) is 39.6 Å². The van der Waals surface area contributed by atoms with Gasteiger partial charge in [0.15, 0.2) is 42.0 Å². The number of hydrogen-bond donors (Lipinski definition) is 2. The Morgan fingerprint density at radius 1 is 0.362 bits per heavy atom. The molecule has 5 atom stereocenters. The first kappa shape index (κ1) is 120. The molecule has 1 aliphatic heterocycles. The summed E-state index contributed by atoms with van der Waals surface area (Å²) in [5.41, 5.74) is -5.82. The highest BCUT2D eigenvalue weighted by Gasteiger charge is 2.52. The van der Waals surface area contributed by atoms with Gasteiger partial charge in [-0.1, -0.05) is 113 Å². The number of alkyl halides is 6. The largest absolute Gasteiger partial charge is 0.534 e. The predicted molar refractivity (Wildman–Crippen MR) is 553 cm³/mol. The van der Waals surface area contributed by atoms with Crippen LogP contribution >= 0.6 is 0 Å². The van der Waals surface area contributed by atoms with Crippen LogP contribution in [0, 0.1) is 86.7 Å². The van der Waals surface area contributed by atoms with Crippen LogP contribution in [0.1, 0.15) is 258 Å². The molecule has 0 aliphatic carbocycles. The van der Waals surface area contributed by atoms with Crippen molar-refractivity contribution in [2.45, 2.75) is 284 Å². The van der Waals surface area contributed by atoms with Crippen LogP contribution in [0.2, 0.25) is 0 Å². The van der Waals surface area contributed by atoms with Gasteiger partial charge in [0.05, 0.1) is 73.2 Å². The summed E-state index contributed by atoms with van der Waals surface area (Å²) >= 11 is 0. The highest BCUT2D eigenvalue weighted by Crippen LogP contribution is 2.51. The predicted octanol–water partition coefficient (Wildman–Crippen LogP) is 26.8. The van der Waals surface area contributed by atoms with Gasteiger partial charge in [0.2, 0.25) is 0 Å². The highest BCUT2D eigenvalue weighted by molar-refractivity contribution is 7.88. The van der Waals surface area contributed by atoms with E-state index in [2.05, 4.69) is 8.37 Å². The molecule has 0 amide bonds. The number of fused-ring (bicyclic) bond motifs is 5. The van der Waals surface area contributed by atoms with Crippen molar-refractivity contribution in [1.29, 1.82) is 0 Å². The van der Waals surface area contributed by atoms with Crippen molar-refractivity contribution in [3.05, 3.63) is 234 Å². The molecule has 0 spiro atoms. The van der Waals surface area contributed by atoms with E-state index in [0.29, 0.717) is 66.7 Å². The average Bonchev–Trinajstić information content (AvgIpc) is 0.725. The van der Waals surface area contributed by atoms with Gasteiger partial charge in [0.25, 0.3) is 0 Å². The number of esters is 5. The Hall–Kier alpha value is -12.5. The van der Waals surface area contributed by atoms with Crippen molar-refractivity contribution in [3.63, 3.8) is 0 Å². The van der Waals surface area contributed by atoms with Gasteiger partial charge in [-0.25, -0.2) is 37.1 Å². The van der Waals surface area contributed by atoms with Gasteiger partial charge >= 0.3 is 61.1 Å². The Labute approximate surface area is 863 Å². The topological polar surface area (TPSA) is 327 Å². The van der Waals surface area contributed by atoms with Crippen molar-refractivity contribution in [1.82, 2.24) is 4.98 Å². The minimum Gasteiger partial charge on any atom is -0.507 e. The quantitative estimate of drug-likeness (QED) is 0.0176. The van der Waals surface area contributed by atoms with E-state index in [1.807, 2.05) is 130 Å². The summed E-state index contributed by atoms with van der Waals surface area (Å²) in [4.78, 5) is 68.4. The SMILES string of the molecule is CCOC(=O)[C@@H](OC(C)(C)C)c1c(C)c(F)c2cc(C)ccc2c1-c1ccc2c3c(ccnc13)CCO2.CCOC(=O)[C@@H](OC(C)(C)C)c1c(C)c(F)c2cc(C)ccc2c1O.CCOC(=O)[C@@H](OC(C)(C)C)c1c(C)c(F)c2cc(C)ccc2c1OS(=O)(=O)C(F)(F)F.CCOC(=O)[C@@H](OC(C)(C)C)c1c(C)cc2cc(C)ccc2c1O.CCOC(=O)[C@@H](OC(C)(C)C)c1c(C)cc2cc(C)ccc2c1OS(=O)(=O)C(F)(F)F. The van der Waals surface area contributed by atoms with E-state index in [1.165, 1.54) is 52.0 Å². The number of rotatable bonds is 25. The summed E-state index contributed by atoms with van der Waals surface area (Å²) < 4.78 is 243. The number of phenols is 2. The zero-order valence-electron chi connectivity index (χ0n) is 89.5. The Kier molecular flexibility index (Phi) is 38.2. The number of pyridine rings is 1. The Bertz CT molecular complexity index is 7280. The van der Waals surface area contributed by atoms with Crippen LogP contribution in [-0.2, 0) is 98.0 Å². The molecule has 808 valence electrons. The molecule has 0 fully saturated rings. The van der Waals surface area contributed by atoms with E-state index >= 15 is 8.78 Å². The number of hydrogen-bond acceptors (Lipinski definition) is 25. The minimum atomic E-state index is -6.15. The molecular weight excluding hydrogens is 1990 g/mol. The maximum atomic E-state index is 16.0. The maximum Gasteiger partial charge on any atom is 0.534 e. The van der Waals surface area contributed by atoms with Crippen molar-refractivity contribution < 1.29 is 151 Å². The molecule has 0 saturated heterocycles. The lowest BCUT2D eigenvalue weighted by molar-refractivity contribution is -0.167. The zero-order valence-corrected chi connectivity index (χ0v) is 91.1. The number of aryl methyl sites for hydroxylation is 7. The number of benzene rings is 11. The number of carbonyl (C=O) groups is 5. The third-order valence-electron chi connectivity index (χ3n) is 22.9. The lowest BCUT2D eigenvalue weighted by Crippen LogP contribution is -2.32. The van der Waals surface area contributed by atoms with Crippen molar-refractivity contribution in [3.8, 4) is 39.9 Å². The number of aromatic hydroxyl groups is 2. The van der Waals surface area contributed by atoms with Gasteiger partial charge in [0.1, 0.15) is 34.7 Å². The third-order valence-corrected chi connectivity index (χ3v) is 24.8. The van der Waals surface area contributed by atoms with E-state index in [0.717, 1.165) is 73.0 Å². The van der Waals surface area contributed by atoms with E-state index in [4.69, 9.17) is 57.1 Å². The summed E-state index contributed by atoms with van der Waals surface area (Å²) in [5.74, 6) is -6.07. The number of nitrogens with zero attached hydrogens (tertiary/aromatic N) is 1. The second-order valence-electron chi connectivity index (χ2n) is 40.8. The third kappa shape index (κ3) is 28.8. The molecule has 11 aromatic carbocycles. The molecular formula is C113H132F9NO24S2. The monoisotopic (exact) mass is 2120 g/mol. The van der Waals surface area contributed by atoms with Crippen LogP contribution in [0.4, 0.5) is 39.5 Å². The summed E-state index contributed by atoms with van der Waals surface area (Å²) in [5, 5.41) is 26.1. The second-order valence-corrected chi connectivity index (χ2v) is 43.9. The molecule has 0 radical (unpaired) electrons. The van der Waals surface area contributed by atoms with Crippen LogP contribution in [0.3, 0.4) is 0 Å². The average molecular weight is 2120 g/mol. The molecule has 0 bridgehead atoms. The van der Waals surface area contributed by atoms with E-state index in [-0.39, 0.29) is 88.8 Å². The van der Waals surface area contributed by atoms with Gasteiger partial charge in [-0.3, -0.25) is 4.98 Å². The van der Waals surface area contributed by atoms with E-state index < -0.39 is 148 Å². The molecule has 36 heteroatoms. The smallest absolute Gasteiger partial charge is 0.507 e. The number of aromatic nitrogens is 1. The number of carbonyl (C=O) groups excluding carboxylic acids is 5. The van der Waals surface area contributed by atoms with Gasteiger partial charge in [0, 0.05) is 89.1 Å². The first-order chi connectivity index (χ1) is 68.9. The van der Waals surface area contributed by atoms with Gasteiger partial charge in [-0.05, 0) is 299 Å². The number of halogens is 9. The standard InChI is InChI=1S/C31H32FNO4.C21H24F4O6S.C21H25F3O6S.C20H25FO4.C20H26O4/c1-7-35-30(34)29(37-31(4,5)6)24-18(3)27(32)22-16-17(2)8-9-20(22)26(24)21-10-11-23-25-19(13-15-36-23)12-14-33-28(21)25;1-7-29-19(26)18(30-20(4,5)6)15-12(3)16(22)14-10-11(2)8-9-13(14)17(15)31-32(27,28)21(23,24)25;1-7-28-19(25)18(29-20(4,5)6)16-13(3)11-14-10-12(2)8-9-15(14)17(16)30-31(26,27)21(22,23)24;1-7-24-19(23)18(25-20(4,5)6)15-12(3)16(21)14-10-11(2)8-9-13(14)17(15)22;1-7-23-19(22)18(24-20(4,5)6)16-13(3)11-14-10-12(2)8-9-15(14)17(16)21/h8-12,14,16,29H,7,13,15H2,1-6H3;8-10,18H,7H2,1-6H3;8-11,18H,7H2,1-6H3;8-10,18,22H,7H2,1-6H3;8-11,18,21H,7H2,1-6H3/t29-;4*18-/m00000/s1. The molecule has 0 unspecified atom stereocenters. The van der Waals surface area contributed by atoms with Crippen LogP contribution in [0.15, 0.2) is 128 Å². The molecule has 2 heterocycles. The molecule has 0 saturated carbocycles. The van der Waals surface area contributed by atoms with Crippen LogP contribution in [-0.4, -0.2) is 141 Å². The highest BCUT2D eigenvalue weighted by atomic mass is 32.2. The van der Waals surface area contributed by atoms with Gasteiger partial charge in [-0.15, -0.1) is 0 Å². The summed E-state index contributed by atoms with van der Waals surface area (Å²) in [7, 11) is -12.2. The molecule has 2 N–H and O–H groups in total. The lowest BCUT2D eigenvalue weighted by Gasteiger charge is -2.30. The van der Waals surface area contributed by atoms with Crippen LogP contribution < -0.4 is 13.1 Å². The molecule has 149 heavy (non-hydrogen) atoms. The zero-order chi connectivity index (χ0) is 112. The van der Waals surface area contributed by atoms with Crippen molar-refractivity contribution in [2.24, 2.45) is 0 Å². The first-order valence-electron chi connectivity index (χ1n) is 48.3. The number of ether oxygens (including phenoxy) is 11. The van der Waals surface area contributed by atoms with Gasteiger partial charge in [-0.2, -0.15) is 43.2 Å². The fourth-order valence-corrected chi connectivity index (χ4v) is 17.9. The number of phenolic OH excluding ortho intramolecular Hbond substituents is 2. The first-order valence-corrected chi connectivity index (χ1v) is 51.1. The van der Waals surface area contributed by atoms with E-state index in [9.17, 15) is 81.8 Å². The van der Waals surface area contributed by atoms with Crippen LogP contribution in [0.5, 0.6) is 28.7 Å². The fourth-order valence-electron chi connectivity index (χ4n) is 16.9. The van der Waals surface area contributed by atoms with Crippen LogP contribution in [0.25, 0.3) is 75.9 Å². The second kappa shape index (κ2) is 47.4. The fraction of sp³-hybridized carbons (Fsp3) is 0.434. The van der Waals surface area contributed by atoms with E-state index in [1.54, 1.807) is 153 Å². The Morgan fingerprint density at radius 3 is 1.07 bits per heavy atom. The summed E-state index contributed by atoms with van der Waals surface area (Å²) in [6.45, 7) is 52.6. The van der Waals surface area contributed by atoms with Crippen molar-refractivity contribution >= 4 is 115 Å². The Balaban J connectivity index is 0.000000209. The van der Waals surface area contributed by atoms with Gasteiger partial charge < -0.3 is 70.7 Å².